The van der Waals surface area contributed by atoms with Crippen LogP contribution >= 0.6 is 11.3 Å². The van der Waals surface area contributed by atoms with E-state index < -0.39 is 15.8 Å². The lowest BCUT2D eigenvalue weighted by molar-refractivity contribution is 0.0593. The van der Waals surface area contributed by atoms with Crippen molar-refractivity contribution in [1.82, 2.24) is 9.55 Å². The van der Waals surface area contributed by atoms with Crippen molar-refractivity contribution in [3.05, 3.63) is 71.5 Å². The van der Waals surface area contributed by atoms with Crippen LogP contribution in [-0.4, -0.2) is 31.0 Å². The van der Waals surface area contributed by atoms with Gasteiger partial charge >= 0.3 is 5.97 Å². The molecule has 156 valence electrons. The van der Waals surface area contributed by atoms with Crippen molar-refractivity contribution < 1.29 is 17.9 Å². The number of carbonyl (C=O) groups excluding carboxylic acids is 1. The van der Waals surface area contributed by atoms with Gasteiger partial charge in [-0.15, -0.1) is 11.3 Å². The van der Waals surface area contributed by atoms with Gasteiger partial charge in [0, 0.05) is 11.9 Å². The van der Waals surface area contributed by atoms with E-state index in [1.54, 1.807) is 42.5 Å². The molecule has 4 rings (SSSR count). The van der Waals surface area contributed by atoms with E-state index in [9.17, 15) is 18.5 Å². The fourth-order valence-electron chi connectivity index (χ4n) is 3.15. The first-order chi connectivity index (χ1) is 14.8. The molecule has 10 heteroatoms. The van der Waals surface area contributed by atoms with E-state index in [4.69, 9.17) is 10.5 Å². The number of sulfone groups is 1. The Bertz CT molecular complexity index is 1450. The van der Waals surface area contributed by atoms with Gasteiger partial charge in [0.15, 0.2) is 5.69 Å². The maximum absolute atomic E-state index is 12.8. The molecule has 0 aliphatic carbocycles. The number of rotatable bonds is 5. The number of anilines is 1. The van der Waals surface area contributed by atoms with Crippen LogP contribution in [0.4, 0.5) is 5.69 Å². The van der Waals surface area contributed by atoms with Crippen LogP contribution in [0.2, 0.25) is 0 Å². The number of methoxy groups -OCH3 is 1. The summed E-state index contributed by atoms with van der Waals surface area (Å²) >= 11 is 1.04. The number of nitrogens with two attached hydrogens (primary N) is 1. The van der Waals surface area contributed by atoms with E-state index in [0.29, 0.717) is 21.5 Å². The average Bonchev–Trinajstić information content (AvgIpc) is 3.34. The minimum Gasteiger partial charge on any atom is -0.464 e. The highest BCUT2D eigenvalue weighted by Gasteiger charge is 2.23. The molecule has 2 aromatic carbocycles. The summed E-state index contributed by atoms with van der Waals surface area (Å²) in [5.41, 5.74) is 7.84. The fourth-order valence-corrected chi connectivity index (χ4v) is 5.82. The number of aromatic nitrogens is 2. The van der Waals surface area contributed by atoms with E-state index in [1.807, 2.05) is 12.1 Å². The number of hydrogen-bond acceptors (Lipinski definition) is 8. The van der Waals surface area contributed by atoms with E-state index in [1.165, 1.54) is 17.9 Å². The maximum atomic E-state index is 12.8. The summed E-state index contributed by atoms with van der Waals surface area (Å²) in [5.74, 6) is -0.832. The third-order valence-electron chi connectivity index (χ3n) is 4.64. The van der Waals surface area contributed by atoms with Crippen molar-refractivity contribution in [3.63, 3.8) is 0 Å². The third-order valence-corrected chi connectivity index (χ3v) is 7.80. The third kappa shape index (κ3) is 3.76. The summed E-state index contributed by atoms with van der Waals surface area (Å²) in [5, 5.41) is 9.27. The largest absolute Gasteiger partial charge is 0.464 e. The lowest BCUT2D eigenvalue weighted by Gasteiger charge is -2.08. The van der Waals surface area contributed by atoms with Gasteiger partial charge in [-0.2, -0.15) is 5.26 Å². The lowest BCUT2D eigenvalue weighted by atomic mass is 10.2. The van der Waals surface area contributed by atoms with Gasteiger partial charge in [0.1, 0.15) is 6.07 Å². The molecule has 0 aliphatic heterocycles. The van der Waals surface area contributed by atoms with Crippen LogP contribution < -0.4 is 5.73 Å². The summed E-state index contributed by atoms with van der Waals surface area (Å²) in [6.45, 7) is 0. The maximum Gasteiger partial charge on any atom is 0.357 e. The smallest absolute Gasteiger partial charge is 0.357 e. The zero-order chi connectivity index (χ0) is 22.2. The first-order valence-electron chi connectivity index (χ1n) is 9.01. The van der Waals surface area contributed by atoms with Crippen LogP contribution in [0.1, 0.15) is 21.6 Å². The standard InChI is InChI=1S/C21H16N4O4S2/c1-29-20(26)19-18(23)14(10-22)11-25(19)15-7-8-16-17(9-15)30-21(24-16)31(27,28)12-13-5-3-2-4-6-13/h2-9,11H,12,23H2,1H3. The first-order valence-corrected chi connectivity index (χ1v) is 11.5. The second-order valence-electron chi connectivity index (χ2n) is 6.65. The van der Waals surface area contributed by atoms with Gasteiger partial charge in [-0.3, -0.25) is 0 Å². The molecule has 31 heavy (non-hydrogen) atoms. The van der Waals surface area contributed by atoms with Crippen molar-refractivity contribution in [2.75, 3.05) is 12.8 Å². The molecule has 0 atom stereocenters. The number of thiazole rings is 1. The minimum atomic E-state index is -3.62. The Kier molecular flexibility index (Phi) is 5.22. The molecule has 0 spiro atoms. The molecule has 0 radical (unpaired) electrons. The molecule has 0 saturated heterocycles. The molecule has 4 aromatic rings. The van der Waals surface area contributed by atoms with Crippen molar-refractivity contribution in [1.29, 1.82) is 5.26 Å². The zero-order valence-corrected chi connectivity index (χ0v) is 17.9. The van der Waals surface area contributed by atoms with Gasteiger partial charge < -0.3 is 15.0 Å². The van der Waals surface area contributed by atoms with Crippen LogP contribution in [0.25, 0.3) is 15.9 Å². The van der Waals surface area contributed by atoms with Crippen molar-refractivity contribution in [2.24, 2.45) is 0 Å². The lowest BCUT2D eigenvalue weighted by Crippen LogP contribution is -2.11. The first kappa shape index (κ1) is 20.6. The molecular formula is C21H16N4O4S2. The molecule has 0 fully saturated rings. The molecule has 2 N–H and O–H groups in total. The number of esters is 1. The Balaban J connectivity index is 1.77. The number of hydrogen-bond donors (Lipinski definition) is 1. The number of carbonyl (C=O) groups is 1. The highest BCUT2D eigenvalue weighted by molar-refractivity contribution is 7.92. The normalized spacial score (nSPS) is 11.4. The van der Waals surface area contributed by atoms with Crippen molar-refractivity contribution in [3.8, 4) is 11.8 Å². The average molecular weight is 453 g/mol. The fraction of sp³-hybridized carbons (Fsp3) is 0.0952. The van der Waals surface area contributed by atoms with Gasteiger partial charge in [0.25, 0.3) is 0 Å². The Morgan fingerprint density at radius 3 is 2.68 bits per heavy atom. The van der Waals surface area contributed by atoms with Crippen LogP contribution in [0.3, 0.4) is 0 Å². The molecular weight excluding hydrogens is 436 g/mol. The van der Waals surface area contributed by atoms with Crippen LogP contribution in [0, 0.1) is 11.3 Å². The number of nitrogens with zero attached hydrogens (tertiary/aromatic N) is 3. The topological polar surface area (TPSA) is 128 Å². The highest BCUT2D eigenvalue weighted by Crippen LogP contribution is 2.31. The monoisotopic (exact) mass is 452 g/mol. The number of fused-ring (bicyclic) bond motifs is 1. The predicted molar refractivity (Wildman–Crippen MR) is 117 cm³/mol. The number of ether oxygens (including phenoxy) is 1. The van der Waals surface area contributed by atoms with Gasteiger partial charge in [0.05, 0.1) is 34.3 Å². The summed E-state index contributed by atoms with van der Waals surface area (Å²) in [4.78, 5) is 16.5. The Morgan fingerprint density at radius 2 is 2.00 bits per heavy atom. The van der Waals surface area contributed by atoms with Gasteiger partial charge in [-0.05, 0) is 23.8 Å². The number of nitrogen functional groups attached to an aromatic ring is 1. The van der Waals surface area contributed by atoms with E-state index in [-0.39, 0.29) is 27.0 Å². The quantitative estimate of drug-likeness (QED) is 0.460. The van der Waals surface area contributed by atoms with E-state index in [0.717, 1.165) is 11.3 Å². The minimum absolute atomic E-state index is 0.0152. The molecule has 0 aliphatic rings. The molecule has 0 bridgehead atoms. The molecule has 8 nitrogen and oxygen atoms in total. The number of benzene rings is 2. The Hall–Kier alpha value is -3.68. The molecule has 0 unspecified atom stereocenters. The van der Waals surface area contributed by atoms with E-state index in [2.05, 4.69) is 4.98 Å². The number of nitriles is 1. The molecule has 2 aromatic heterocycles. The van der Waals surface area contributed by atoms with Gasteiger partial charge in [-0.25, -0.2) is 18.2 Å². The Morgan fingerprint density at radius 1 is 1.26 bits per heavy atom. The summed E-state index contributed by atoms with van der Waals surface area (Å²) in [6, 6.07) is 15.9. The van der Waals surface area contributed by atoms with Crippen LogP contribution in [0.15, 0.2) is 59.1 Å². The predicted octanol–water partition coefficient (Wildman–Crippen LogP) is 3.30. The SMILES string of the molecule is COC(=O)c1c(N)c(C#N)cn1-c1ccc2nc(S(=O)(=O)Cc3ccccc3)sc2c1. The van der Waals surface area contributed by atoms with Crippen molar-refractivity contribution in [2.45, 2.75) is 10.1 Å². The highest BCUT2D eigenvalue weighted by atomic mass is 32.2. The van der Waals surface area contributed by atoms with Gasteiger partial charge in [0.2, 0.25) is 14.2 Å². The molecule has 0 amide bonds. The molecule has 2 heterocycles. The molecule has 0 saturated carbocycles. The second kappa shape index (κ2) is 7.86. The second-order valence-corrected chi connectivity index (χ2v) is 9.85. The van der Waals surface area contributed by atoms with Crippen LogP contribution in [-0.2, 0) is 20.3 Å². The summed E-state index contributed by atoms with van der Waals surface area (Å²) in [7, 11) is -2.40. The summed E-state index contributed by atoms with van der Waals surface area (Å²) < 4.78 is 32.5. The van der Waals surface area contributed by atoms with Crippen molar-refractivity contribution >= 4 is 43.0 Å². The Labute approximate surface area is 182 Å². The summed E-state index contributed by atoms with van der Waals surface area (Å²) in [6.07, 6.45) is 1.44. The van der Waals surface area contributed by atoms with E-state index >= 15 is 0 Å². The zero-order valence-electron chi connectivity index (χ0n) is 16.3. The van der Waals surface area contributed by atoms with Gasteiger partial charge in [-0.1, -0.05) is 30.3 Å². The van der Waals surface area contributed by atoms with Crippen LogP contribution in [0.5, 0.6) is 0 Å².